The first-order valence-electron chi connectivity index (χ1n) is 10.4. The van der Waals surface area contributed by atoms with Crippen LogP contribution in [0.1, 0.15) is 6.42 Å². The number of nitrogens with zero attached hydrogens (tertiary/aromatic N) is 3. The molecule has 1 amide bonds. The Morgan fingerprint density at radius 3 is 2.47 bits per heavy atom. The molecule has 2 heterocycles. The van der Waals surface area contributed by atoms with Crippen LogP contribution < -0.4 is 9.62 Å². The summed E-state index contributed by atoms with van der Waals surface area (Å²) >= 11 is 5.99. The molecule has 7 nitrogen and oxygen atoms in total. The Kier molecular flexibility index (Phi) is 5.76. The molecule has 0 aliphatic carbocycles. The van der Waals surface area contributed by atoms with Gasteiger partial charge in [0.2, 0.25) is 15.9 Å². The van der Waals surface area contributed by atoms with Gasteiger partial charge < -0.3 is 4.90 Å². The van der Waals surface area contributed by atoms with Gasteiger partial charge in [-0.15, -0.1) is 0 Å². The highest BCUT2D eigenvalue weighted by molar-refractivity contribution is 7.89. The summed E-state index contributed by atoms with van der Waals surface area (Å²) in [6.07, 6.45) is 4.73. The van der Waals surface area contributed by atoms with Gasteiger partial charge in [-0.05, 0) is 59.2 Å². The Hall–Kier alpha value is -3.40. The molecule has 1 unspecified atom stereocenters. The molecule has 1 atom stereocenters. The van der Waals surface area contributed by atoms with Crippen LogP contribution in [0.15, 0.2) is 78.2 Å². The summed E-state index contributed by atoms with van der Waals surface area (Å²) < 4.78 is 43.3. The normalized spacial score (nSPS) is 16.4. The lowest BCUT2D eigenvalue weighted by Gasteiger charge is -2.18. The minimum Gasteiger partial charge on any atom is -0.308 e. The minimum atomic E-state index is -3.97. The number of carbonyl (C=O) groups excluding carboxylic acids is 1. The number of benzene rings is 3. The van der Waals surface area contributed by atoms with Crippen molar-refractivity contribution in [2.75, 3.05) is 11.4 Å². The van der Waals surface area contributed by atoms with Crippen LogP contribution in [0, 0.1) is 5.82 Å². The third kappa shape index (κ3) is 4.25. The van der Waals surface area contributed by atoms with E-state index in [4.69, 9.17) is 11.6 Å². The highest BCUT2D eigenvalue weighted by atomic mass is 35.5. The van der Waals surface area contributed by atoms with Crippen molar-refractivity contribution < 1.29 is 17.6 Å². The zero-order chi connectivity index (χ0) is 23.9. The van der Waals surface area contributed by atoms with Gasteiger partial charge in [-0.1, -0.05) is 29.8 Å². The van der Waals surface area contributed by atoms with E-state index in [0.717, 1.165) is 5.39 Å². The van der Waals surface area contributed by atoms with Gasteiger partial charge in [-0.3, -0.25) is 4.79 Å². The zero-order valence-electron chi connectivity index (χ0n) is 17.7. The lowest BCUT2D eigenvalue weighted by atomic mass is 10.1. The van der Waals surface area contributed by atoms with Crippen molar-refractivity contribution in [2.45, 2.75) is 17.4 Å². The van der Waals surface area contributed by atoms with Gasteiger partial charge in [0, 0.05) is 29.5 Å². The summed E-state index contributed by atoms with van der Waals surface area (Å²) in [5.41, 5.74) is 1.31. The van der Waals surface area contributed by atoms with E-state index in [1.807, 2.05) is 0 Å². The maximum atomic E-state index is 14.9. The van der Waals surface area contributed by atoms with E-state index >= 15 is 0 Å². The standard InChI is InChI=1S/C24H18ClFN4O3S/c25-19-4-1-16-10-20(5-2-15(16)9-19)34(32,33)29-22-7-8-30(24(22)31)23-6-3-17(11-21(23)26)18-12-27-14-28-13-18/h1-6,9-14,22,29H,7-8H2. The molecule has 0 radical (unpaired) electrons. The maximum absolute atomic E-state index is 14.9. The van der Waals surface area contributed by atoms with Gasteiger partial charge in [0.15, 0.2) is 0 Å². The molecular formula is C24H18ClFN4O3S. The molecule has 1 aliphatic heterocycles. The number of rotatable bonds is 5. The first-order valence-corrected chi connectivity index (χ1v) is 12.3. The number of nitrogens with one attached hydrogen (secondary N) is 1. The third-order valence-corrected chi connectivity index (χ3v) is 7.42. The molecule has 1 saturated heterocycles. The monoisotopic (exact) mass is 496 g/mol. The number of fused-ring (bicyclic) bond motifs is 1. The molecule has 0 bridgehead atoms. The quantitative estimate of drug-likeness (QED) is 0.447. The maximum Gasteiger partial charge on any atom is 0.245 e. The Balaban J connectivity index is 1.35. The Bertz CT molecular complexity index is 1520. The fourth-order valence-electron chi connectivity index (χ4n) is 4.00. The van der Waals surface area contributed by atoms with Gasteiger partial charge in [0.05, 0.1) is 10.6 Å². The smallest absolute Gasteiger partial charge is 0.245 e. The topological polar surface area (TPSA) is 92.3 Å². The molecule has 4 aromatic rings. The summed E-state index contributed by atoms with van der Waals surface area (Å²) in [7, 11) is -3.97. The van der Waals surface area contributed by atoms with E-state index in [2.05, 4.69) is 14.7 Å². The molecular weight excluding hydrogens is 479 g/mol. The van der Waals surface area contributed by atoms with Crippen LogP contribution in [0.25, 0.3) is 21.9 Å². The number of aromatic nitrogens is 2. The second-order valence-corrected chi connectivity index (χ2v) is 10.0. The van der Waals surface area contributed by atoms with E-state index in [9.17, 15) is 17.6 Å². The fourth-order valence-corrected chi connectivity index (χ4v) is 5.44. The molecule has 3 aromatic carbocycles. The average molecular weight is 497 g/mol. The predicted molar refractivity (Wildman–Crippen MR) is 127 cm³/mol. The molecule has 5 rings (SSSR count). The second kappa shape index (κ2) is 8.75. The summed E-state index contributed by atoms with van der Waals surface area (Å²) in [5.74, 6) is -1.10. The van der Waals surface area contributed by atoms with Crippen molar-refractivity contribution in [1.82, 2.24) is 14.7 Å². The molecule has 0 spiro atoms. The first-order chi connectivity index (χ1) is 16.3. The van der Waals surface area contributed by atoms with Crippen LogP contribution in [0.3, 0.4) is 0 Å². The van der Waals surface area contributed by atoms with Gasteiger partial charge in [-0.2, -0.15) is 4.72 Å². The summed E-state index contributed by atoms with van der Waals surface area (Å²) in [4.78, 5) is 22.1. The van der Waals surface area contributed by atoms with Crippen molar-refractivity contribution in [3.8, 4) is 11.1 Å². The fraction of sp³-hybridized carbons (Fsp3) is 0.125. The number of carbonyl (C=O) groups is 1. The van der Waals surface area contributed by atoms with Crippen molar-refractivity contribution >= 4 is 44.0 Å². The van der Waals surface area contributed by atoms with Crippen LogP contribution in [0.4, 0.5) is 10.1 Å². The SMILES string of the molecule is O=C1C(NS(=O)(=O)c2ccc3cc(Cl)ccc3c2)CCN1c1ccc(-c2cncnc2)cc1F. The summed E-state index contributed by atoms with van der Waals surface area (Å²) in [5, 5.41) is 2.06. The number of hydrogen-bond donors (Lipinski definition) is 1. The van der Waals surface area contributed by atoms with E-state index in [1.54, 1.807) is 42.7 Å². The number of sulfonamides is 1. The highest BCUT2D eigenvalue weighted by Gasteiger charge is 2.36. The van der Waals surface area contributed by atoms with Crippen LogP contribution in [-0.2, 0) is 14.8 Å². The molecule has 1 fully saturated rings. The molecule has 1 N–H and O–H groups in total. The second-order valence-electron chi connectivity index (χ2n) is 7.90. The average Bonchev–Trinajstić information content (AvgIpc) is 3.18. The van der Waals surface area contributed by atoms with E-state index in [0.29, 0.717) is 21.5 Å². The summed E-state index contributed by atoms with van der Waals surface area (Å²) in [6.45, 7) is 0.187. The van der Waals surface area contributed by atoms with E-state index in [-0.39, 0.29) is 23.5 Å². The van der Waals surface area contributed by atoms with Crippen molar-refractivity contribution in [1.29, 1.82) is 0 Å². The summed E-state index contributed by atoms with van der Waals surface area (Å²) in [6, 6.07) is 13.3. The van der Waals surface area contributed by atoms with Crippen LogP contribution in [-0.4, -0.2) is 36.9 Å². The molecule has 172 valence electrons. The highest BCUT2D eigenvalue weighted by Crippen LogP contribution is 2.30. The van der Waals surface area contributed by atoms with Crippen LogP contribution in [0.5, 0.6) is 0 Å². The predicted octanol–water partition coefficient (Wildman–Crippen LogP) is 4.17. The zero-order valence-corrected chi connectivity index (χ0v) is 19.2. The van der Waals surface area contributed by atoms with Gasteiger partial charge in [0.25, 0.3) is 0 Å². The van der Waals surface area contributed by atoms with E-state index in [1.165, 1.54) is 35.5 Å². The van der Waals surface area contributed by atoms with Crippen molar-refractivity contribution in [3.63, 3.8) is 0 Å². The van der Waals surface area contributed by atoms with Crippen LogP contribution >= 0.6 is 11.6 Å². The Labute approximate surface area is 200 Å². The van der Waals surface area contributed by atoms with Crippen molar-refractivity contribution in [2.24, 2.45) is 0 Å². The van der Waals surface area contributed by atoms with E-state index < -0.39 is 27.8 Å². The van der Waals surface area contributed by atoms with Gasteiger partial charge in [-0.25, -0.2) is 22.8 Å². The van der Waals surface area contributed by atoms with Gasteiger partial charge in [0.1, 0.15) is 18.2 Å². The number of anilines is 1. The lowest BCUT2D eigenvalue weighted by molar-refractivity contribution is -0.118. The number of halogens is 2. The number of amides is 1. The Morgan fingerprint density at radius 2 is 1.71 bits per heavy atom. The molecule has 34 heavy (non-hydrogen) atoms. The third-order valence-electron chi connectivity index (χ3n) is 5.72. The molecule has 1 aliphatic rings. The Morgan fingerprint density at radius 1 is 0.971 bits per heavy atom. The van der Waals surface area contributed by atoms with Crippen molar-refractivity contribution in [3.05, 3.63) is 84.2 Å². The molecule has 0 saturated carbocycles. The molecule has 10 heteroatoms. The largest absolute Gasteiger partial charge is 0.308 e. The molecule has 1 aromatic heterocycles. The van der Waals surface area contributed by atoms with Crippen LogP contribution in [0.2, 0.25) is 5.02 Å². The number of hydrogen-bond acceptors (Lipinski definition) is 5. The minimum absolute atomic E-state index is 0.0363. The first kappa shape index (κ1) is 22.4. The van der Waals surface area contributed by atoms with Gasteiger partial charge >= 0.3 is 0 Å². The lowest BCUT2D eigenvalue weighted by Crippen LogP contribution is -2.41.